The standard InChI is InChI=1S/C31H45N7O2/c1-5-37(6-2)24-14-12-23(13-15-24)33-30(40)22-11-16-26(21(3)19-22)34-31-32-20-27-29(35-31)38(25-9-7-8-10-25)18-17-28(39)36(27)4/h11,16,19-20,23-25H,5-10,12-15,17-18H2,1-4H3,(H,33,40)(H,32,34,35). The van der Waals surface area contributed by atoms with Crippen molar-refractivity contribution >= 4 is 35.0 Å². The Balaban J connectivity index is 1.26. The highest BCUT2D eigenvalue weighted by molar-refractivity contribution is 5.97. The Hall–Kier alpha value is -3.20. The highest BCUT2D eigenvalue weighted by Crippen LogP contribution is 2.36. The van der Waals surface area contributed by atoms with Crippen LogP contribution in [0.5, 0.6) is 0 Å². The number of hydrogen-bond donors (Lipinski definition) is 2. The van der Waals surface area contributed by atoms with Gasteiger partial charge in [0, 0.05) is 49.4 Å². The van der Waals surface area contributed by atoms with E-state index in [1.54, 1.807) is 18.1 Å². The number of aromatic nitrogens is 2. The van der Waals surface area contributed by atoms with Gasteiger partial charge in [0.2, 0.25) is 11.9 Å². The van der Waals surface area contributed by atoms with Gasteiger partial charge in [0.1, 0.15) is 5.69 Å². The molecule has 1 aromatic heterocycles. The molecular weight excluding hydrogens is 502 g/mol. The maximum Gasteiger partial charge on any atom is 0.251 e. The molecule has 5 rings (SSSR count). The number of carbonyl (C=O) groups excluding carboxylic acids is 2. The first-order valence-electron chi connectivity index (χ1n) is 15.2. The number of carbonyl (C=O) groups is 2. The number of fused-ring (bicyclic) bond motifs is 1. The van der Waals surface area contributed by atoms with Crippen molar-refractivity contribution in [3.63, 3.8) is 0 Å². The molecular formula is C31H45N7O2. The van der Waals surface area contributed by atoms with Gasteiger partial charge in [-0.1, -0.05) is 26.7 Å². The molecule has 2 N–H and O–H groups in total. The van der Waals surface area contributed by atoms with E-state index in [0.29, 0.717) is 36.6 Å². The van der Waals surface area contributed by atoms with E-state index < -0.39 is 0 Å². The number of nitrogens with one attached hydrogen (secondary N) is 2. The summed E-state index contributed by atoms with van der Waals surface area (Å²) < 4.78 is 0. The lowest BCUT2D eigenvalue weighted by atomic mass is 9.90. The number of benzene rings is 1. The van der Waals surface area contributed by atoms with E-state index >= 15 is 0 Å². The molecule has 40 heavy (non-hydrogen) atoms. The second-order valence-electron chi connectivity index (χ2n) is 11.6. The summed E-state index contributed by atoms with van der Waals surface area (Å²) in [7, 11) is 1.81. The number of anilines is 4. The van der Waals surface area contributed by atoms with Crippen molar-refractivity contribution < 1.29 is 9.59 Å². The predicted octanol–water partition coefficient (Wildman–Crippen LogP) is 5.03. The highest BCUT2D eigenvalue weighted by Gasteiger charge is 2.32. The lowest BCUT2D eigenvalue weighted by Crippen LogP contribution is -2.43. The SMILES string of the molecule is CCN(CC)C1CCC(NC(=O)c2ccc(Nc3ncc4c(n3)N(C3CCCC3)CCC(=O)N4C)c(C)c2)CC1. The Morgan fingerprint density at radius 3 is 2.48 bits per heavy atom. The third kappa shape index (κ3) is 6.09. The number of nitrogens with zero attached hydrogens (tertiary/aromatic N) is 5. The van der Waals surface area contributed by atoms with Crippen molar-refractivity contribution in [1.82, 2.24) is 20.2 Å². The number of hydrogen-bond acceptors (Lipinski definition) is 7. The average Bonchev–Trinajstić information content (AvgIpc) is 3.46. The maximum atomic E-state index is 13.1. The Labute approximate surface area is 238 Å². The topological polar surface area (TPSA) is 93.7 Å². The second kappa shape index (κ2) is 12.5. The van der Waals surface area contributed by atoms with Gasteiger partial charge >= 0.3 is 0 Å². The van der Waals surface area contributed by atoms with E-state index in [1.165, 1.54) is 12.8 Å². The smallest absolute Gasteiger partial charge is 0.251 e. The quantitative estimate of drug-likeness (QED) is 0.479. The van der Waals surface area contributed by atoms with Gasteiger partial charge in [-0.3, -0.25) is 9.59 Å². The molecule has 9 nitrogen and oxygen atoms in total. The minimum atomic E-state index is -0.0119. The van der Waals surface area contributed by atoms with Crippen molar-refractivity contribution in [2.45, 2.75) is 96.7 Å². The Morgan fingerprint density at radius 2 is 1.80 bits per heavy atom. The minimum absolute atomic E-state index is 0.0119. The van der Waals surface area contributed by atoms with Crippen LogP contribution in [0.15, 0.2) is 24.4 Å². The van der Waals surface area contributed by atoms with Crippen molar-refractivity contribution in [2.24, 2.45) is 0 Å². The molecule has 9 heteroatoms. The maximum absolute atomic E-state index is 13.1. The minimum Gasteiger partial charge on any atom is -0.351 e. The molecule has 0 radical (unpaired) electrons. The molecule has 2 fully saturated rings. The van der Waals surface area contributed by atoms with Gasteiger partial charge in [-0.2, -0.15) is 4.98 Å². The Morgan fingerprint density at radius 1 is 1.07 bits per heavy atom. The van der Waals surface area contributed by atoms with Crippen LogP contribution in [0.2, 0.25) is 0 Å². The van der Waals surface area contributed by atoms with E-state index in [1.807, 2.05) is 25.1 Å². The van der Waals surface area contributed by atoms with Crippen molar-refractivity contribution in [1.29, 1.82) is 0 Å². The van der Waals surface area contributed by atoms with Gasteiger partial charge in [0.05, 0.1) is 6.20 Å². The third-order valence-electron chi connectivity index (χ3n) is 9.19. The van der Waals surface area contributed by atoms with Crippen LogP contribution in [0.1, 0.15) is 87.6 Å². The van der Waals surface area contributed by atoms with Gasteiger partial charge in [-0.15, -0.1) is 0 Å². The lowest BCUT2D eigenvalue weighted by molar-refractivity contribution is -0.118. The van der Waals surface area contributed by atoms with E-state index in [0.717, 1.165) is 74.4 Å². The second-order valence-corrected chi connectivity index (χ2v) is 11.6. The molecule has 1 aliphatic heterocycles. The number of aryl methyl sites for hydroxylation is 1. The zero-order chi connectivity index (χ0) is 28.2. The van der Waals surface area contributed by atoms with Crippen LogP contribution in [0.4, 0.5) is 23.1 Å². The van der Waals surface area contributed by atoms with Crippen LogP contribution >= 0.6 is 0 Å². The van der Waals surface area contributed by atoms with Crippen LogP contribution in [-0.4, -0.2) is 71.5 Å². The van der Waals surface area contributed by atoms with Gasteiger partial charge in [-0.05, 0) is 82.3 Å². The van der Waals surface area contributed by atoms with Crippen molar-refractivity contribution in [3.8, 4) is 0 Å². The molecule has 0 atom stereocenters. The normalized spacial score (nSPS) is 21.9. The monoisotopic (exact) mass is 547 g/mol. The van der Waals surface area contributed by atoms with Crippen LogP contribution in [0, 0.1) is 6.92 Å². The molecule has 0 spiro atoms. The Kier molecular flexibility index (Phi) is 8.88. The van der Waals surface area contributed by atoms with Crippen LogP contribution in [0.25, 0.3) is 0 Å². The van der Waals surface area contributed by atoms with Crippen molar-refractivity contribution in [3.05, 3.63) is 35.5 Å². The molecule has 2 aromatic rings. The van der Waals surface area contributed by atoms with E-state index in [4.69, 9.17) is 4.98 Å². The summed E-state index contributed by atoms with van der Waals surface area (Å²) in [6.07, 6.45) is 11.2. The zero-order valence-corrected chi connectivity index (χ0v) is 24.6. The van der Waals surface area contributed by atoms with Crippen LogP contribution in [-0.2, 0) is 4.79 Å². The molecule has 3 aliphatic rings. The van der Waals surface area contributed by atoms with Gasteiger partial charge < -0.3 is 25.3 Å². The lowest BCUT2D eigenvalue weighted by Gasteiger charge is -2.36. The molecule has 2 aliphatic carbocycles. The summed E-state index contributed by atoms with van der Waals surface area (Å²) in [5, 5.41) is 6.63. The molecule has 0 unspecified atom stereocenters. The molecule has 2 heterocycles. The fourth-order valence-corrected chi connectivity index (χ4v) is 6.73. The molecule has 2 amide bonds. The predicted molar refractivity (Wildman–Crippen MR) is 161 cm³/mol. The summed E-state index contributed by atoms with van der Waals surface area (Å²) in [6.45, 7) is 9.30. The first-order chi connectivity index (χ1) is 19.4. The van der Waals surface area contributed by atoms with E-state index in [9.17, 15) is 9.59 Å². The summed E-state index contributed by atoms with van der Waals surface area (Å²) >= 11 is 0. The first kappa shape index (κ1) is 28.3. The molecule has 216 valence electrons. The van der Waals surface area contributed by atoms with Crippen LogP contribution in [0.3, 0.4) is 0 Å². The largest absolute Gasteiger partial charge is 0.351 e. The first-order valence-corrected chi connectivity index (χ1v) is 15.2. The fraction of sp³-hybridized carbons (Fsp3) is 0.613. The Bertz CT molecular complexity index is 1200. The number of amides is 2. The molecule has 2 saturated carbocycles. The summed E-state index contributed by atoms with van der Waals surface area (Å²) in [5.41, 5.74) is 3.25. The third-order valence-corrected chi connectivity index (χ3v) is 9.19. The molecule has 1 aromatic carbocycles. The average molecular weight is 548 g/mol. The number of rotatable bonds is 8. The van der Waals surface area contributed by atoms with E-state index in [2.05, 4.69) is 39.3 Å². The van der Waals surface area contributed by atoms with Crippen molar-refractivity contribution in [2.75, 3.05) is 41.8 Å². The molecule has 0 saturated heterocycles. The van der Waals surface area contributed by atoms with Gasteiger partial charge in [0.25, 0.3) is 5.91 Å². The summed E-state index contributed by atoms with van der Waals surface area (Å²) in [5.74, 6) is 1.40. The van der Waals surface area contributed by atoms with Gasteiger partial charge in [-0.25, -0.2) is 4.98 Å². The van der Waals surface area contributed by atoms with Gasteiger partial charge in [0.15, 0.2) is 5.82 Å². The molecule has 0 bridgehead atoms. The highest BCUT2D eigenvalue weighted by atomic mass is 16.2. The van der Waals surface area contributed by atoms with Crippen LogP contribution < -0.4 is 20.4 Å². The fourth-order valence-electron chi connectivity index (χ4n) is 6.73. The zero-order valence-electron chi connectivity index (χ0n) is 24.6. The summed E-state index contributed by atoms with van der Waals surface area (Å²) in [6, 6.07) is 7.01. The summed E-state index contributed by atoms with van der Waals surface area (Å²) in [4.78, 5) is 41.7. The van der Waals surface area contributed by atoms with E-state index in [-0.39, 0.29) is 17.9 Å².